The second-order valence-corrected chi connectivity index (χ2v) is 3.61. The van der Waals surface area contributed by atoms with E-state index in [1.807, 2.05) is 19.9 Å². The van der Waals surface area contributed by atoms with Crippen molar-refractivity contribution in [3.05, 3.63) is 29.3 Å². The fourth-order valence-corrected chi connectivity index (χ4v) is 1.17. The largest absolute Gasteiger partial charge is 0.481 e. The maximum absolute atomic E-state index is 11.2. The van der Waals surface area contributed by atoms with Crippen LogP contribution < -0.4 is 4.74 Å². The maximum atomic E-state index is 11.2. The van der Waals surface area contributed by atoms with Gasteiger partial charge in [-0.05, 0) is 37.1 Å². The van der Waals surface area contributed by atoms with Gasteiger partial charge in [-0.3, -0.25) is 9.59 Å². The minimum atomic E-state index is -1.00. The number of aliphatic carboxylic acids is 1. The topological polar surface area (TPSA) is 63.6 Å². The van der Waals surface area contributed by atoms with E-state index in [0.29, 0.717) is 5.75 Å². The van der Waals surface area contributed by atoms with Gasteiger partial charge in [0, 0.05) is 0 Å². The Morgan fingerprint density at radius 2 is 1.88 bits per heavy atom. The molecule has 0 aliphatic heterocycles. The molecule has 0 heterocycles. The first-order valence-corrected chi connectivity index (χ1v) is 4.99. The molecule has 0 aliphatic carbocycles. The molecule has 0 saturated heterocycles. The summed E-state index contributed by atoms with van der Waals surface area (Å²) in [4.78, 5) is 21.5. The molecule has 0 atom stereocenters. The number of hydrogen-bond donors (Lipinski definition) is 1. The van der Waals surface area contributed by atoms with Crippen LogP contribution in [0, 0.1) is 13.8 Å². The average Bonchev–Trinajstić information content (AvgIpc) is 2.21. The molecule has 0 radical (unpaired) electrons. The Kier molecular flexibility index (Phi) is 4.05. The molecule has 0 aromatic heterocycles. The zero-order valence-electron chi connectivity index (χ0n) is 9.32. The maximum Gasteiger partial charge on any atom is 0.311 e. The van der Waals surface area contributed by atoms with Crippen LogP contribution in [0.15, 0.2) is 18.2 Å². The van der Waals surface area contributed by atoms with Crippen LogP contribution in [0.1, 0.15) is 24.0 Å². The van der Waals surface area contributed by atoms with Gasteiger partial charge in [0.15, 0.2) is 0 Å². The van der Waals surface area contributed by atoms with Crippen LogP contribution in [0.5, 0.6) is 5.75 Å². The highest BCUT2D eigenvalue weighted by atomic mass is 16.5. The van der Waals surface area contributed by atoms with Gasteiger partial charge in [0.05, 0.1) is 12.8 Å². The third-order valence-corrected chi connectivity index (χ3v) is 2.25. The summed E-state index contributed by atoms with van der Waals surface area (Å²) in [7, 11) is 0. The minimum absolute atomic E-state index is 0.109. The summed E-state index contributed by atoms with van der Waals surface area (Å²) in [5.41, 5.74) is 2.15. The monoisotopic (exact) mass is 222 g/mol. The molecule has 0 saturated carbocycles. The van der Waals surface area contributed by atoms with E-state index in [2.05, 4.69) is 0 Å². The van der Waals surface area contributed by atoms with E-state index in [1.165, 1.54) is 0 Å². The molecule has 4 heteroatoms. The summed E-state index contributed by atoms with van der Waals surface area (Å²) in [6, 6.07) is 5.31. The molecule has 1 rings (SSSR count). The SMILES string of the molecule is Cc1ccc(OC(=O)CCC(=O)O)cc1C. The first kappa shape index (κ1) is 12.2. The van der Waals surface area contributed by atoms with Crippen molar-refractivity contribution in [2.45, 2.75) is 26.7 Å². The highest BCUT2D eigenvalue weighted by Crippen LogP contribution is 2.16. The lowest BCUT2D eigenvalue weighted by molar-refractivity contribution is -0.142. The third kappa shape index (κ3) is 3.73. The van der Waals surface area contributed by atoms with E-state index in [-0.39, 0.29) is 12.8 Å². The highest BCUT2D eigenvalue weighted by molar-refractivity contribution is 5.78. The van der Waals surface area contributed by atoms with Crippen molar-refractivity contribution in [3.63, 3.8) is 0 Å². The van der Waals surface area contributed by atoms with Crippen molar-refractivity contribution in [2.24, 2.45) is 0 Å². The number of rotatable bonds is 4. The molecule has 16 heavy (non-hydrogen) atoms. The number of carbonyl (C=O) groups excluding carboxylic acids is 1. The Labute approximate surface area is 93.9 Å². The Morgan fingerprint density at radius 1 is 1.19 bits per heavy atom. The van der Waals surface area contributed by atoms with E-state index in [1.54, 1.807) is 12.1 Å². The first-order valence-electron chi connectivity index (χ1n) is 4.99. The molecular weight excluding hydrogens is 208 g/mol. The number of carboxylic acid groups (broad SMARTS) is 1. The summed E-state index contributed by atoms with van der Waals surface area (Å²) in [5, 5.41) is 8.40. The van der Waals surface area contributed by atoms with Crippen molar-refractivity contribution in [1.29, 1.82) is 0 Å². The van der Waals surface area contributed by atoms with E-state index < -0.39 is 11.9 Å². The van der Waals surface area contributed by atoms with Gasteiger partial charge in [0.25, 0.3) is 0 Å². The average molecular weight is 222 g/mol. The standard InChI is InChI=1S/C12H14O4/c1-8-3-4-10(7-9(8)2)16-12(15)6-5-11(13)14/h3-4,7H,5-6H2,1-2H3,(H,13,14). The summed E-state index contributed by atoms with van der Waals surface area (Å²) in [6.07, 6.45) is -0.314. The van der Waals surface area contributed by atoms with Crippen LogP contribution in [-0.4, -0.2) is 17.0 Å². The number of hydrogen-bond acceptors (Lipinski definition) is 3. The van der Waals surface area contributed by atoms with Crippen LogP contribution in [0.25, 0.3) is 0 Å². The second-order valence-electron chi connectivity index (χ2n) is 3.61. The number of ether oxygens (including phenoxy) is 1. The van der Waals surface area contributed by atoms with Crippen LogP contribution in [0.2, 0.25) is 0 Å². The molecule has 0 amide bonds. The van der Waals surface area contributed by atoms with Crippen LogP contribution in [-0.2, 0) is 9.59 Å². The van der Waals surface area contributed by atoms with Gasteiger partial charge in [-0.15, -0.1) is 0 Å². The van der Waals surface area contributed by atoms with Crippen LogP contribution >= 0.6 is 0 Å². The van der Waals surface area contributed by atoms with Gasteiger partial charge >= 0.3 is 11.9 Å². The van der Waals surface area contributed by atoms with E-state index >= 15 is 0 Å². The van der Waals surface area contributed by atoms with Crippen molar-refractivity contribution in [1.82, 2.24) is 0 Å². The smallest absolute Gasteiger partial charge is 0.311 e. The predicted octanol–water partition coefficient (Wildman–Crippen LogP) is 2.07. The van der Waals surface area contributed by atoms with Crippen molar-refractivity contribution >= 4 is 11.9 Å². The summed E-state index contributed by atoms with van der Waals surface area (Å²) in [5.74, 6) is -1.07. The number of carbonyl (C=O) groups is 2. The Hall–Kier alpha value is -1.84. The van der Waals surface area contributed by atoms with Crippen LogP contribution in [0.4, 0.5) is 0 Å². The molecule has 4 nitrogen and oxygen atoms in total. The molecule has 0 fully saturated rings. The Balaban J connectivity index is 2.56. The number of aryl methyl sites for hydroxylation is 2. The molecule has 1 N–H and O–H groups in total. The van der Waals surface area contributed by atoms with Gasteiger partial charge in [-0.1, -0.05) is 6.07 Å². The molecular formula is C12H14O4. The van der Waals surface area contributed by atoms with Gasteiger partial charge in [-0.2, -0.15) is 0 Å². The number of carboxylic acids is 1. The summed E-state index contributed by atoms with van der Waals surface area (Å²) < 4.78 is 5.00. The lowest BCUT2D eigenvalue weighted by Gasteiger charge is -2.05. The first-order chi connectivity index (χ1) is 7.49. The Bertz CT molecular complexity index is 409. The molecule has 1 aromatic carbocycles. The number of esters is 1. The molecule has 1 aromatic rings. The lowest BCUT2D eigenvalue weighted by atomic mass is 10.1. The quantitative estimate of drug-likeness (QED) is 0.625. The van der Waals surface area contributed by atoms with Crippen molar-refractivity contribution < 1.29 is 19.4 Å². The second kappa shape index (κ2) is 5.30. The van der Waals surface area contributed by atoms with Crippen LogP contribution in [0.3, 0.4) is 0 Å². The zero-order chi connectivity index (χ0) is 12.1. The summed E-state index contributed by atoms with van der Waals surface area (Å²) in [6.45, 7) is 3.88. The fraction of sp³-hybridized carbons (Fsp3) is 0.333. The fourth-order valence-electron chi connectivity index (χ4n) is 1.17. The Morgan fingerprint density at radius 3 is 2.44 bits per heavy atom. The highest BCUT2D eigenvalue weighted by Gasteiger charge is 2.08. The van der Waals surface area contributed by atoms with Gasteiger partial charge in [0.2, 0.25) is 0 Å². The number of benzene rings is 1. The van der Waals surface area contributed by atoms with Crippen molar-refractivity contribution in [3.8, 4) is 5.75 Å². The molecule has 86 valence electrons. The van der Waals surface area contributed by atoms with Gasteiger partial charge in [-0.25, -0.2) is 0 Å². The third-order valence-electron chi connectivity index (χ3n) is 2.25. The van der Waals surface area contributed by atoms with Gasteiger partial charge < -0.3 is 9.84 Å². The predicted molar refractivity (Wildman–Crippen MR) is 58.4 cm³/mol. The normalized spacial score (nSPS) is 9.88. The molecule has 0 spiro atoms. The molecule has 0 bridgehead atoms. The lowest BCUT2D eigenvalue weighted by Crippen LogP contribution is -2.10. The van der Waals surface area contributed by atoms with E-state index in [0.717, 1.165) is 11.1 Å². The van der Waals surface area contributed by atoms with E-state index in [9.17, 15) is 9.59 Å². The molecule has 0 aliphatic rings. The van der Waals surface area contributed by atoms with Crippen molar-refractivity contribution in [2.75, 3.05) is 0 Å². The minimum Gasteiger partial charge on any atom is -0.481 e. The zero-order valence-corrected chi connectivity index (χ0v) is 9.32. The summed E-state index contributed by atoms with van der Waals surface area (Å²) >= 11 is 0. The molecule has 0 unspecified atom stereocenters. The van der Waals surface area contributed by atoms with E-state index in [4.69, 9.17) is 9.84 Å². The van der Waals surface area contributed by atoms with Gasteiger partial charge in [0.1, 0.15) is 5.75 Å².